The number of pyridine rings is 1. The molecule has 0 N–H and O–H groups in total. The molecule has 132 valence electrons. The van der Waals surface area contributed by atoms with Crippen LogP contribution in [-0.4, -0.2) is 23.4 Å². The van der Waals surface area contributed by atoms with Crippen molar-refractivity contribution in [2.24, 2.45) is 0 Å². The second-order valence-electron chi connectivity index (χ2n) is 5.29. The Labute approximate surface area is 140 Å². The van der Waals surface area contributed by atoms with Gasteiger partial charge in [0.2, 0.25) is 0 Å². The third-order valence-electron chi connectivity index (χ3n) is 3.64. The molecule has 0 saturated heterocycles. The van der Waals surface area contributed by atoms with E-state index in [0.717, 1.165) is 35.9 Å². The molecule has 0 aliphatic rings. The fraction of sp³-hybridized carbons (Fsp3) is 0.235. The van der Waals surface area contributed by atoms with E-state index < -0.39 is 29.1 Å². The zero-order valence-electron chi connectivity index (χ0n) is 13.6. The van der Waals surface area contributed by atoms with Crippen molar-refractivity contribution >= 4 is 11.8 Å². The standard InChI is InChI=1S/C17H14F3NO4/c1-9-15(10(2)22)13(16(24)25-3)8-14(23)21(9)12-6-4-5-11(7-12)17(18,19)20/h4-8H,1-3H3. The summed E-state index contributed by atoms with van der Waals surface area (Å²) >= 11 is 0. The van der Waals surface area contributed by atoms with Gasteiger partial charge in [-0.1, -0.05) is 6.07 Å². The molecule has 0 fully saturated rings. The van der Waals surface area contributed by atoms with E-state index in [1.54, 1.807) is 0 Å². The van der Waals surface area contributed by atoms with E-state index in [0.29, 0.717) is 0 Å². The van der Waals surface area contributed by atoms with E-state index in [4.69, 9.17) is 0 Å². The van der Waals surface area contributed by atoms with Gasteiger partial charge in [-0.25, -0.2) is 4.79 Å². The number of halogens is 3. The SMILES string of the molecule is COC(=O)c1cc(=O)n(-c2cccc(C(F)(F)F)c2)c(C)c1C(C)=O. The van der Waals surface area contributed by atoms with Crippen molar-refractivity contribution in [2.45, 2.75) is 20.0 Å². The van der Waals surface area contributed by atoms with Crippen LogP contribution >= 0.6 is 0 Å². The van der Waals surface area contributed by atoms with Gasteiger partial charge in [-0.15, -0.1) is 0 Å². The van der Waals surface area contributed by atoms with Crippen LogP contribution in [0.3, 0.4) is 0 Å². The summed E-state index contributed by atoms with van der Waals surface area (Å²) in [6, 6.07) is 5.03. The van der Waals surface area contributed by atoms with Crippen molar-refractivity contribution in [3.63, 3.8) is 0 Å². The van der Waals surface area contributed by atoms with Gasteiger partial charge in [0.05, 0.1) is 23.8 Å². The van der Waals surface area contributed by atoms with Crippen LogP contribution in [0.1, 0.15) is 38.9 Å². The molecular formula is C17H14F3NO4. The van der Waals surface area contributed by atoms with E-state index >= 15 is 0 Å². The molecule has 0 bridgehead atoms. The molecule has 0 aliphatic heterocycles. The second kappa shape index (κ2) is 6.54. The van der Waals surface area contributed by atoms with Gasteiger partial charge < -0.3 is 4.74 Å². The number of nitrogens with zero attached hydrogens (tertiary/aromatic N) is 1. The lowest BCUT2D eigenvalue weighted by molar-refractivity contribution is -0.137. The molecule has 0 atom stereocenters. The zero-order chi connectivity index (χ0) is 18.9. The molecule has 8 heteroatoms. The minimum absolute atomic E-state index is 0.0553. The fourth-order valence-electron chi connectivity index (χ4n) is 2.59. The summed E-state index contributed by atoms with van der Waals surface area (Å²) in [5, 5.41) is 0. The van der Waals surface area contributed by atoms with Gasteiger partial charge in [-0.2, -0.15) is 13.2 Å². The molecule has 25 heavy (non-hydrogen) atoms. The first-order valence-electron chi connectivity index (χ1n) is 7.11. The number of Topliss-reactive ketones (excluding diaryl/α,β-unsaturated/α-hetero) is 1. The highest BCUT2D eigenvalue weighted by Gasteiger charge is 2.31. The zero-order valence-corrected chi connectivity index (χ0v) is 13.6. The molecule has 0 saturated carbocycles. The first-order chi connectivity index (χ1) is 11.6. The van der Waals surface area contributed by atoms with Crippen molar-refractivity contribution in [3.8, 4) is 5.69 Å². The Balaban J connectivity index is 2.81. The Morgan fingerprint density at radius 2 is 1.80 bits per heavy atom. The van der Waals surface area contributed by atoms with Crippen LogP contribution in [0, 0.1) is 6.92 Å². The maximum atomic E-state index is 12.9. The highest BCUT2D eigenvalue weighted by molar-refractivity contribution is 6.06. The molecule has 0 radical (unpaired) electrons. The first-order valence-corrected chi connectivity index (χ1v) is 7.11. The lowest BCUT2D eigenvalue weighted by Crippen LogP contribution is -2.26. The molecule has 5 nitrogen and oxygen atoms in total. The normalized spacial score (nSPS) is 11.3. The van der Waals surface area contributed by atoms with Crippen LogP contribution in [0.2, 0.25) is 0 Å². The average molecular weight is 353 g/mol. The number of carbonyl (C=O) groups excluding carboxylic acids is 2. The molecule has 1 aromatic heterocycles. The summed E-state index contributed by atoms with van der Waals surface area (Å²) in [4.78, 5) is 36.1. The summed E-state index contributed by atoms with van der Waals surface area (Å²) in [6.07, 6.45) is -4.58. The third-order valence-corrected chi connectivity index (χ3v) is 3.64. The van der Waals surface area contributed by atoms with Gasteiger partial charge >= 0.3 is 12.1 Å². The number of methoxy groups -OCH3 is 1. The minimum atomic E-state index is -4.58. The smallest absolute Gasteiger partial charge is 0.416 e. The minimum Gasteiger partial charge on any atom is -0.465 e. The summed E-state index contributed by atoms with van der Waals surface area (Å²) < 4.78 is 44.2. The van der Waals surface area contributed by atoms with Crippen molar-refractivity contribution in [1.82, 2.24) is 4.57 Å². The number of hydrogen-bond acceptors (Lipinski definition) is 4. The number of hydrogen-bond donors (Lipinski definition) is 0. The summed E-state index contributed by atoms with van der Waals surface area (Å²) in [7, 11) is 1.10. The summed E-state index contributed by atoms with van der Waals surface area (Å²) in [5.41, 5.74) is -1.99. The number of ketones is 1. The summed E-state index contributed by atoms with van der Waals surface area (Å²) in [6.45, 7) is 2.57. The van der Waals surface area contributed by atoms with Crippen molar-refractivity contribution in [3.05, 3.63) is 63.1 Å². The van der Waals surface area contributed by atoms with Gasteiger partial charge in [0, 0.05) is 17.4 Å². The van der Waals surface area contributed by atoms with Gasteiger partial charge in [0.1, 0.15) is 0 Å². The fourth-order valence-corrected chi connectivity index (χ4v) is 2.59. The average Bonchev–Trinajstić information content (AvgIpc) is 2.52. The third kappa shape index (κ3) is 3.47. The molecule has 0 aliphatic carbocycles. The maximum absolute atomic E-state index is 12.9. The lowest BCUT2D eigenvalue weighted by Gasteiger charge is -2.16. The second-order valence-corrected chi connectivity index (χ2v) is 5.29. The van der Waals surface area contributed by atoms with Crippen LogP contribution in [0.5, 0.6) is 0 Å². The van der Waals surface area contributed by atoms with E-state index in [1.807, 2.05) is 0 Å². The quantitative estimate of drug-likeness (QED) is 0.628. The Bertz CT molecular complexity index is 913. The Morgan fingerprint density at radius 3 is 2.32 bits per heavy atom. The molecule has 0 amide bonds. The van der Waals surface area contributed by atoms with Gasteiger partial charge in [-0.3, -0.25) is 14.2 Å². The maximum Gasteiger partial charge on any atom is 0.416 e. The van der Waals surface area contributed by atoms with Gasteiger partial charge in [0.15, 0.2) is 5.78 Å². The Morgan fingerprint density at radius 1 is 1.16 bits per heavy atom. The molecule has 0 spiro atoms. The predicted molar refractivity (Wildman–Crippen MR) is 83.1 cm³/mol. The van der Waals surface area contributed by atoms with Gasteiger partial charge in [-0.05, 0) is 32.0 Å². The number of ether oxygens (including phenoxy) is 1. The number of benzene rings is 1. The number of alkyl halides is 3. The molecule has 2 rings (SSSR count). The Kier molecular flexibility index (Phi) is 4.82. The number of esters is 1. The van der Waals surface area contributed by atoms with Gasteiger partial charge in [0.25, 0.3) is 5.56 Å². The topological polar surface area (TPSA) is 65.4 Å². The van der Waals surface area contributed by atoms with Crippen LogP contribution in [0.4, 0.5) is 13.2 Å². The number of aromatic nitrogens is 1. The largest absolute Gasteiger partial charge is 0.465 e. The molecule has 2 aromatic rings. The predicted octanol–water partition coefficient (Wildman–Crippen LogP) is 3.15. The first kappa shape index (κ1) is 18.4. The molecule has 1 heterocycles. The highest BCUT2D eigenvalue weighted by atomic mass is 19.4. The Hall–Kier alpha value is -2.90. The van der Waals surface area contributed by atoms with Crippen molar-refractivity contribution < 1.29 is 27.5 Å². The van der Waals surface area contributed by atoms with Crippen molar-refractivity contribution in [2.75, 3.05) is 7.11 Å². The van der Waals surface area contributed by atoms with E-state index in [2.05, 4.69) is 4.74 Å². The number of rotatable bonds is 3. The highest BCUT2D eigenvalue weighted by Crippen LogP contribution is 2.30. The monoisotopic (exact) mass is 353 g/mol. The summed E-state index contributed by atoms with van der Waals surface area (Å²) in [5.74, 6) is -1.39. The lowest BCUT2D eigenvalue weighted by atomic mass is 10.0. The molecule has 0 unspecified atom stereocenters. The van der Waals surface area contributed by atoms with Crippen LogP contribution in [0.15, 0.2) is 35.1 Å². The number of carbonyl (C=O) groups is 2. The van der Waals surface area contributed by atoms with E-state index in [1.165, 1.54) is 19.9 Å². The van der Waals surface area contributed by atoms with Crippen LogP contribution in [0.25, 0.3) is 5.69 Å². The molecular weight excluding hydrogens is 339 g/mol. The molecule has 1 aromatic carbocycles. The van der Waals surface area contributed by atoms with E-state index in [9.17, 15) is 27.6 Å². The van der Waals surface area contributed by atoms with Crippen LogP contribution in [-0.2, 0) is 10.9 Å². The van der Waals surface area contributed by atoms with Crippen LogP contribution < -0.4 is 5.56 Å². The van der Waals surface area contributed by atoms with E-state index in [-0.39, 0.29) is 22.5 Å². The van der Waals surface area contributed by atoms with Crippen molar-refractivity contribution in [1.29, 1.82) is 0 Å².